The Morgan fingerprint density at radius 1 is 1.22 bits per heavy atom. The van der Waals surface area contributed by atoms with Crippen LogP contribution in [-0.2, 0) is 4.79 Å². The molecule has 0 saturated carbocycles. The van der Waals surface area contributed by atoms with Gasteiger partial charge in [-0.25, -0.2) is 4.79 Å². The van der Waals surface area contributed by atoms with E-state index in [0.717, 1.165) is 0 Å². The molecular formula is C23H20ClNO7. The largest absolute Gasteiger partial charge is 0.507 e. The maximum atomic E-state index is 12.9. The first kappa shape index (κ1) is 21.6. The van der Waals surface area contributed by atoms with Gasteiger partial charge in [-0.15, -0.1) is 0 Å². The van der Waals surface area contributed by atoms with E-state index in [-0.39, 0.29) is 36.2 Å². The van der Waals surface area contributed by atoms with E-state index in [1.165, 1.54) is 13.2 Å². The SMILES string of the molecule is COc1cc([C@@H](CC(=O)Nc2ccc(Cl)cc2)c2c(O)cc(C)oc2=O)cc2c1OCO2. The zero-order valence-corrected chi connectivity index (χ0v) is 18.1. The molecule has 1 atom stereocenters. The van der Waals surface area contributed by atoms with Crippen molar-refractivity contribution in [1.29, 1.82) is 0 Å². The Balaban J connectivity index is 1.75. The highest BCUT2D eigenvalue weighted by Gasteiger charge is 2.29. The summed E-state index contributed by atoms with van der Waals surface area (Å²) in [7, 11) is 1.47. The van der Waals surface area contributed by atoms with Crippen LogP contribution in [0.4, 0.5) is 5.69 Å². The van der Waals surface area contributed by atoms with E-state index in [4.69, 9.17) is 30.2 Å². The first-order valence-corrected chi connectivity index (χ1v) is 10.1. The van der Waals surface area contributed by atoms with Crippen molar-refractivity contribution in [1.82, 2.24) is 0 Å². The van der Waals surface area contributed by atoms with Crippen LogP contribution in [-0.4, -0.2) is 24.9 Å². The zero-order chi connectivity index (χ0) is 22.8. The fraction of sp³-hybridized carbons (Fsp3) is 0.217. The van der Waals surface area contributed by atoms with Crippen LogP contribution in [0.25, 0.3) is 0 Å². The van der Waals surface area contributed by atoms with Gasteiger partial charge in [0.25, 0.3) is 0 Å². The van der Waals surface area contributed by atoms with Gasteiger partial charge in [0.05, 0.1) is 12.7 Å². The van der Waals surface area contributed by atoms with Gasteiger partial charge < -0.3 is 29.1 Å². The van der Waals surface area contributed by atoms with Gasteiger partial charge in [0.2, 0.25) is 18.4 Å². The molecule has 0 radical (unpaired) electrons. The lowest BCUT2D eigenvalue weighted by Crippen LogP contribution is -2.21. The Hall–Kier alpha value is -3.65. The molecule has 1 aliphatic rings. The van der Waals surface area contributed by atoms with E-state index in [1.54, 1.807) is 43.3 Å². The average molecular weight is 458 g/mol. The molecule has 0 saturated heterocycles. The molecule has 0 bridgehead atoms. The van der Waals surface area contributed by atoms with Crippen molar-refractivity contribution in [2.75, 3.05) is 19.2 Å². The van der Waals surface area contributed by atoms with Gasteiger partial charge in [-0.1, -0.05) is 11.6 Å². The number of hydrogen-bond acceptors (Lipinski definition) is 7. The normalized spacial score (nSPS) is 13.0. The Labute approximate surface area is 188 Å². The van der Waals surface area contributed by atoms with Gasteiger partial charge in [-0.2, -0.15) is 0 Å². The number of carbonyl (C=O) groups excluding carboxylic acids is 1. The van der Waals surface area contributed by atoms with Crippen molar-refractivity contribution >= 4 is 23.2 Å². The lowest BCUT2D eigenvalue weighted by Gasteiger charge is -2.19. The molecule has 9 heteroatoms. The molecule has 2 N–H and O–H groups in total. The highest BCUT2D eigenvalue weighted by molar-refractivity contribution is 6.30. The number of anilines is 1. The van der Waals surface area contributed by atoms with Crippen molar-refractivity contribution in [2.24, 2.45) is 0 Å². The third-order valence-corrected chi connectivity index (χ3v) is 5.29. The number of rotatable bonds is 6. The van der Waals surface area contributed by atoms with Gasteiger partial charge in [0.15, 0.2) is 11.5 Å². The molecule has 1 aromatic heterocycles. The molecule has 166 valence electrons. The number of carbonyl (C=O) groups is 1. The fourth-order valence-electron chi connectivity index (χ4n) is 3.59. The second-order valence-corrected chi connectivity index (χ2v) is 7.65. The van der Waals surface area contributed by atoms with Crippen molar-refractivity contribution in [3.05, 3.63) is 74.8 Å². The molecule has 1 amide bonds. The maximum Gasteiger partial charge on any atom is 0.343 e. The second kappa shape index (κ2) is 8.84. The molecule has 2 heterocycles. The molecule has 4 rings (SSSR count). The first-order valence-electron chi connectivity index (χ1n) is 9.72. The van der Waals surface area contributed by atoms with Gasteiger partial charge in [0.1, 0.15) is 11.5 Å². The highest BCUT2D eigenvalue weighted by Crippen LogP contribution is 2.45. The summed E-state index contributed by atoms with van der Waals surface area (Å²) < 4.78 is 21.5. The molecule has 0 fully saturated rings. The molecular weight excluding hydrogens is 438 g/mol. The summed E-state index contributed by atoms with van der Waals surface area (Å²) >= 11 is 5.90. The minimum atomic E-state index is -0.845. The lowest BCUT2D eigenvalue weighted by molar-refractivity contribution is -0.116. The summed E-state index contributed by atoms with van der Waals surface area (Å²) in [6, 6.07) is 11.3. The van der Waals surface area contributed by atoms with Crippen molar-refractivity contribution in [3.63, 3.8) is 0 Å². The lowest BCUT2D eigenvalue weighted by atomic mass is 9.88. The van der Waals surface area contributed by atoms with Crippen LogP contribution in [0, 0.1) is 6.92 Å². The number of benzene rings is 2. The Morgan fingerprint density at radius 3 is 2.66 bits per heavy atom. The summed E-state index contributed by atoms with van der Waals surface area (Å²) in [5, 5.41) is 13.9. The van der Waals surface area contributed by atoms with Crippen LogP contribution >= 0.6 is 11.6 Å². The van der Waals surface area contributed by atoms with Gasteiger partial charge in [-0.3, -0.25) is 4.79 Å². The van der Waals surface area contributed by atoms with Crippen molar-refractivity contribution in [3.8, 4) is 23.0 Å². The van der Waals surface area contributed by atoms with E-state index in [0.29, 0.717) is 33.5 Å². The summed E-state index contributed by atoms with van der Waals surface area (Å²) in [5.41, 5.74) is 0.289. The summed E-state index contributed by atoms with van der Waals surface area (Å²) in [5.74, 6) is -0.00670. The Kier molecular flexibility index (Phi) is 5.96. The van der Waals surface area contributed by atoms with Gasteiger partial charge in [0, 0.05) is 29.1 Å². The standard InChI is InChI=1S/C23H20ClNO7/c1-12-7-17(26)21(23(28)32-12)16(10-20(27)25-15-5-3-14(24)4-6-15)13-8-18(29-2)22-19(9-13)30-11-31-22/h3-9,16,26H,10-11H2,1-2H3,(H,25,27)/t16-/m1/s1. The predicted octanol–water partition coefficient (Wildman–Crippen LogP) is 4.21. The molecule has 0 aliphatic carbocycles. The average Bonchev–Trinajstić information content (AvgIpc) is 3.22. The van der Waals surface area contributed by atoms with Crippen LogP contribution in [0.15, 0.2) is 51.7 Å². The molecule has 32 heavy (non-hydrogen) atoms. The Bertz CT molecular complexity index is 1220. The second-order valence-electron chi connectivity index (χ2n) is 7.21. The molecule has 2 aromatic carbocycles. The third kappa shape index (κ3) is 4.36. The first-order chi connectivity index (χ1) is 15.4. The number of aryl methyl sites for hydroxylation is 1. The number of hydrogen-bond donors (Lipinski definition) is 2. The predicted molar refractivity (Wildman–Crippen MR) is 117 cm³/mol. The van der Waals surface area contributed by atoms with Crippen LogP contribution in [0.3, 0.4) is 0 Å². The molecule has 0 unspecified atom stereocenters. The number of amides is 1. The fourth-order valence-corrected chi connectivity index (χ4v) is 3.72. The number of fused-ring (bicyclic) bond motifs is 1. The topological polar surface area (TPSA) is 107 Å². The van der Waals surface area contributed by atoms with Crippen molar-refractivity contribution < 1.29 is 28.5 Å². The molecule has 0 spiro atoms. The number of methoxy groups -OCH3 is 1. The van der Waals surface area contributed by atoms with E-state index in [2.05, 4.69) is 5.32 Å². The Morgan fingerprint density at radius 2 is 1.97 bits per heavy atom. The summed E-state index contributed by atoms with van der Waals surface area (Å²) in [6.07, 6.45) is -0.160. The van der Waals surface area contributed by atoms with Gasteiger partial charge >= 0.3 is 5.63 Å². The zero-order valence-electron chi connectivity index (χ0n) is 17.3. The summed E-state index contributed by atoms with van der Waals surface area (Å²) in [6.45, 7) is 1.57. The van der Waals surface area contributed by atoms with Crippen LogP contribution in [0.1, 0.15) is 29.2 Å². The van der Waals surface area contributed by atoms with E-state index < -0.39 is 11.5 Å². The van der Waals surface area contributed by atoms with Crippen LogP contribution < -0.4 is 25.2 Å². The minimum absolute atomic E-state index is 0.0226. The van der Waals surface area contributed by atoms with Crippen LogP contribution in [0.5, 0.6) is 23.0 Å². The van der Waals surface area contributed by atoms with Crippen molar-refractivity contribution in [2.45, 2.75) is 19.3 Å². The van der Waals surface area contributed by atoms with Gasteiger partial charge in [-0.05, 0) is 48.9 Å². The van der Waals surface area contributed by atoms with E-state index in [9.17, 15) is 14.7 Å². The number of halogens is 1. The van der Waals surface area contributed by atoms with E-state index >= 15 is 0 Å². The molecule has 8 nitrogen and oxygen atoms in total. The molecule has 1 aliphatic heterocycles. The highest BCUT2D eigenvalue weighted by atomic mass is 35.5. The van der Waals surface area contributed by atoms with E-state index in [1.807, 2.05) is 0 Å². The number of aromatic hydroxyl groups is 1. The monoisotopic (exact) mass is 457 g/mol. The maximum absolute atomic E-state index is 12.9. The number of ether oxygens (including phenoxy) is 3. The number of nitrogens with one attached hydrogen (secondary N) is 1. The quantitative estimate of drug-likeness (QED) is 0.571. The molecule has 3 aromatic rings. The summed E-state index contributed by atoms with van der Waals surface area (Å²) in [4.78, 5) is 25.6. The minimum Gasteiger partial charge on any atom is -0.507 e. The van der Waals surface area contributed by atoms with Crippen LogP contribution in [0.2, 0.25) is 5.02 Å². The smallest absolute Gasteiger partial charge is 0.343 e. The third-order valence-electron chi connectivity index (χ3n) is 5.04.